The lowest BCUT2D eigenvalue weighted by Crippen LogP contribution is -2.47. The fraction of sp³-hybridized carbons (Fsp3) is 0.938. The SMILES string of the molecule is CN=C(NCC(C1CC1)N(C)C)N1CCC2(CCOC2)C1. The molecule has 0 amide bonds. The lowest BCUT2D eigenvalue weighted by Gasteiger charge is -2.29. The molecule has 2 heterocycles. The van der Waals surface area contributed by atoms with Crippen molar-refractivity contribution in [3.8, 4) is 0 Å². The molecule has 2 atom stereocenters. The van der Waals surface area contributed by atoms with Crippen LogP contribution in [0.5, 0.6) is 0 Å². The van der Waals surface area contributed by atoms with Gasteiger partial charge in [0, 0.05) is 44.7 Å². The Bertz CT molecular complexity index is 384. The molecule has 2 unspecified atom stereocenters. The van der Waals surface area contributed by atoms with Gasteiger partial charge in [0.1, 0.15) is 0 Å². The second kappa shape index (κ2) is 6.13. The number of rotatable bonds is 4. The second-order valence-electron chi connectivity index (χ2n) is 7.27. The maximum absolute atomic E-state index is 5.62. The number of nitrogens with one attached hydrogen (secondary N) is 1. The van der Waals surface area contributed by atoms with E-state index in [9.17, 15) is 0 Å². The van der Waals surface area contributed by atoms with Crippen LogP contribution >= 0.6 is 0 Å². The zero-order valence-electron chi connectivity index (χ0n) is 13.8. The molecule has 120 valence electrons. The molecule has 0 aromatic rings. The molecular weight excluding hydrogens is 264 g/mol. The minimum absolute atomic E-state index is 0.398. The van der Waals surface area contributed by atoms with E-state index in [0.29, 0.717) is 11.5 Å². The summed E-state index contributed by atoms with van der Waals surface area (Å²) in [6, 6.07) is 0.633. The molecule has 21 heavy (non-hydrogen) atoms. The van der Waals surface area contributed by atoms with Crippen molar-refractivity contribution in [1.82, 2.24) is 15.1 Å². The number of likely N-dealkylation sites (N-methyl/N-ethyl adjacent to an activating group) is 1. The molecule has 1 spiro atoms. The van der Waals surface area contributed by atoms with Crippen LogP contribution in [-0.2, 0) is 4.74 Å². The molecule has 2 saturated heterocycles. The Balaban J connectivity index is 1.53. The average Bonchev–Trinajstić information content (AvgIpc) is 3.06. The van der Waals surface area contributed by atoms with Crippen LogP contribution in [-0.4, -0.2) is 75.8 Å². The van der Waals surface area contributed by atoms with Crippen LogP contribution in [0.15, 0.2) is 4.99 Å². The largest absolute Gasteiger partial charge is 0.381 e. The molecule has 3 aliphatic rings. The number of nitrogens with zero attached hydrogens (tertiary/aromatic N) is 3. The number of guanidine groups is 1. The summed E-state index contributed by atoms with van der Waals surface area (Å²) < 4.78 is 5.62. The Kier molecular flexibility index (Phi) is 4.41. The smallest absolute Gasteiger partial charge is 0.193 e. The molecule has 3 rings (SSSR count). The van der Waals surface area contributed by atoms with E-state index in [1.807, 2.05) is 7.05 Å². The Morgan fingerprint density at radius 1 is 1.43 bits per heavy atom. The van der Waals surface area contributed by atoms with Crippen molar-refractivity contribution in [3.05, 3.63) is 0 Å². The molecule has 0 bridgehead atoms. The fourth-order valence-electron chi connectivity index (χ4n) is 3.87. The van der Waals surface area contributed by atoms with Crippen LogP contribution < -0.4 is 5.32 Å². The molecule has 2 aliphatic heterocycles. The molecular formula is C16H30N4O. The van der Waals surface area contributed by atoms with Gasteiger partial charge < -0.3 is 19.9 Å². The Labute approximate surface area is 128 Å². The number of likely N-dealkylation sites (tertiary alicyclic amines) is 1. The van der Waals surface area contributed by atoms with Gasteiger partial charge >= 0.3 is 0 Å². The standard InChI is InChI=1S/C16H30N4O/c1-17-15(18-10-14(19(2)3)13-4-5-13)20-8-6-16(11-20)7-9-21-12-16/h13-14H,4-12H2,1-3H3,(H,17,18). The van der Waals surface area contributed by atoms with E-state index in [4.69, 9.17) is 4.74 Å². The van der Waals surface area contributed by atoms with Crippen LogP contribution in [0.3, 0.4) is 0 Å². The van der Waals surface area contributed by atoms with Gasteiger partial charge in [0.2, 0.25) is 0 Å². The first-order chi connectivity index (χ1) is 10.1. The summed E-state index contributed by atoms with van der Waals surface area (Å²) in [5.41, 5.74) is 0.398. The summed E-state index contributed by atoms with van der Waals surface area (Å²) in [5, 5.41) is 3.61. The van der Waals surface area contributed by atoms with Gasteiger partial charge in [-0.1, -0.05) is 0 Å². The lowest BCUT2D eigenvalue weighted by atomic mass is 9.87. The molecule has 0 aromatic heterocycles. The van der Waals surface area contributed by atoms with Crippen LogP contribution in [0.2, 0.25) is 0 Å². The normalized spacial score (nSPS) is 31.4. The third-order valence-electron chi connectivity index (χ3n) is 5.43. The zero-order valence-corrected chi connectivity index (χ0v) is 13.8. The summed E-state index contributed by atoms with van der Waals surface area (Å²) >= 11 is 0. The van der Waals surface area contributed by atoms with E-state index in [1.165, 1.54) is 25.7 Å². The van der Waals surface area contributed by atoms with Crippen LogP contribution in [0, 0.1) is 11.3 Å². The van der Waals surface area contributed by atoms with E-state index in [-0.39, 0.29) is 0 Å². The monoisotopic (exact) mass is 294 g/mol. The Hall–Kier alpha value is -0.810. The first-order valence-corrected chi connectivity index (χ1v) is 8.33. The van der Waals surface area contributed by atoms with Gasteiger partial charge in [-0.05, 0) is 45.7 Å². The van der Waals surface area contributed by atoms with E-state index >= 15 is 0 Å². The second-order valence-corrected chi connectivity index (χ2v) is 7.27. The van der Waals surface area contributed by atoms with E-state index in [2.05, 4.69) is 34.2 Å². The fourth-order valence-corrected chi connectivity index (χ4v) is 3.87. The van der Waals surface area contributed by atoms with Gasteiger partial charge in [-0.2, -0.15) is 0 Å². The van der Waals surface area contributed by atoms with Gasteiger partial charge in [-0.25, -0.2) is 0 Å². The molecule has 1 saturated carbocycles. The van der Waals surface area contributed by atoms with Crippen LogP contribution in [0.4, 0.5) is 0 Å². The summed E-state index contributed by atoms with van der Waals surface area (Å²) in [4.78, 5) is 9.29. The van der Waals surface area contributed by atoms with Gasteiger partial charge in [-0.3, -0.25) is 4.99 Å². The molecule has 3 fully saturated rings. The Morgan fingerprint density at radius 3 is 2.81 bits per heavy atom. The molecule has 5 nitrogen and oxygen atoms in total. The van der Waals surface area contributed by atoms with Gasteiger partial charge in [0.05, 0.1) is 6.61 Å². The molecule has 1 aliphatic carbocycles. The van der Waals surface area contributed by atoms with Gasteiger partial charge in [0.15, 0.2) is 5.96 Å². The van der Waals surface area contributed by atoms with Crippen molar-refractivity contribution < 1.29 is 4.74 Å². The number of aliphatic imine (C=N–C) groups is 1. The van der Waals surface area contributed by atoms with Crippen molar-refractivity contribution in [3.63, 3.8) is 0 Å². The Morgan fingerprint density at radius 2 is 2.24 bits per heavy atom. The number of ether oxygens (including phenoxy) is 1. The topological polar surface area (TPSA) is 40.1 Å². The number of hydrogen-bond donors (Lipinski definition) is 1. The summed E-state index contributed by atoms with van der Waals surface area (Å²) in [5.74, 6) is 1.95. The predicted molar refractivity (Wildman–Crippen MR) is 85.6 cm³/mol. The first-order valence-electron chi connectivity index (χ1n) is 8.33. The predicted octanol–water partition coefficient (Wildman–Crippen LogP) is 1.01. The molecule has 0 radical (unpaired) electrons. The van der Waals surface area contributed by atoms with Crippen molar-refractivity contribution in [2.75, 3.05) is 54.0 Å². The van der Waals surface area contributed by atoms with Gasteiger partial charge in [-0.15, -0.1) is 0 Å². The van der Waals surface area contributed by atoms with Crippen molar-refractivity contribution in [2.45, 2.75) is 31.7 Å². The third-order valence-corrected chi connectivity index (χ3v) is 5.43. The molecule has 0 aromatic carbocycles. The van der Waals surface area contributed by atoms with Crippen molar-refractivity contribution in [2.24, 2.45) is 16.3 Å². The highest BCUT2D eigenvalue weighted by Gasteiger charge is 2.42. The summed E-state index contributed by atoms with van der Waals surface area (Å²) in [7, 11) is 6.28. The quantitative estimate of drug-likeness (QED) is 0.621. The van der Waals surface area contributed by atoms with E-state index in [0.717, 1.165) is 44.7 Å². The van der Waals surface area contributed by atoms with Crippen molar-refractivity contribution in [1.29, 1.82) is 0 Å². The lowest BCUT2D eigenvalue weighted by molar-refractivity contribution is 0.156. The zero-order chi connectivity index (χ0) is 14.9. The minimum atomic E-state index is 0.398. The van der Waals surface area contributed by atoms with Crippen molar-refractivity contribution >= 4 is 5.96 Å². The summed E-state index contributed by atoms with van der Waals surface area (Å²) in [6.45, 7) is 5.08. The van der Waals surface area contributed by atoms with E-state index < -0.39 is 0 Å². The van der Waals surface area contributed by atoms with Crippen LogP contribution in [0.1, 0.15) is 25.7 Å². The highest BCUT2D eigenvalue weighted by Crippen LogP contribution is 2.38. The first kappa shape index (κ1) is 15.1. The number of hydrogen-bond acceptors (Lipinski definition) is 3. The average molecular weight is 294 g/mol. The van der Waals surface area contributed by atoms with Crippen LogP contribution in [0.25, 0.3) is 0 Å². The molecule has 1 N–H and O–H groups in total. The maximum Gasteiger partial charge on any atom is 0.193 e. The maximum atomic E-state index is 5.62. The highest BCUT2D eigenvalue weighted by molar-refractivity contribution is 5.80. The third kappa shape index (κ3) is 3.34. The van der Waals surface area contributed by atoms with Gasteiger partial charge in [0.25, 0.3) is 0 Å². The molecule has 5 heteroatoms. The van der Waals surface area contributed by atoms with E-state index in [1.54, 1.807) is 0 Å². The minimum Gasteiger partial charge on any atom is -0.381 e. The summed E-state index contributed by atoms with van der Waals surface area (Å²) in [6.07, 6.45) is 5.22. The highest BCUT2D eigenvalue weighted by atomic mass is 16.5.